The van der Waals surface area contributed by atoms with Gasteiger partial charge in [0.1, 0.15) is 13.2 Å². The average molecular weight is 1100 g/mol. The molecule has 0 heterocycles. The SMILES string of the molecule is CCCCCCCC/C=C\CCCCCCCC(=O)OC(COC(=O)CCCCCCCCCCCCCC)COC(=O)CCCCCCCCCCCCCCCCCCCCCCC/C=C\CCCCCCCCCC. The van der Waals surface area contributed by atoms with Crippen LogP contribution in [-0.4, -0.2) is 37.2 Å². The summed E-state index contributed by atoms with van der Waals surface area (Å²) in [6.07, 6.45) is 82.3. The molecule has 0 aliphatic rings. The molecule has 6 heteroatoms. The van der Waals surface area contributed by atoms with Crippen LogP contribution in [0.5, 0.6) is 0 Å². The van der Waals surface area contributed by atoms with Crippen LogP contribution in [0, 0.1) is 0 Å². The third-order valence-electron chi connectivity index (χ3n) is 16.2. The smallest absolute Gasteiger partial charge is 0.306 e. The minimum absolute atomic E-state index is 0.0683. The molecule has 460 valence electrons. The molecule has 1 unspecified atom stereocenters. The quantitative estimate of drug-likeness (QED) is 0.0261. The van der Waals surface area contributed by atoms with Crippen molar-refractivity contribution >= 4 is 17.9 Å². The highest BCUT2D eigenvalue weighted by Gasteiger charge is 2.19. The number of hydrogen-bond donors (Lipinski definition) is 0. The van der Waals surface area contributed by atoms with Gasteiger partial charge in [-0.25, -0.2) is 0 Å². The van der Waals surface area contributed by atoms with Crippen molar-refractivity contribution in [3.8, 4) is 0 Å². The van der Waals surface area contributed by atoms with Crippen LogP contribution in [0.2, 0.25) is 0 Å². The van der Waals surface area contributed by atoms with Gasteiger partial charge in [0, 0.05) is 19.3 Å². The van der Waals surface area contributed by atoms with Gasteiger partial charge in [0.2, 0.25) is 0 Å². The summed E-state index contributed by atoms with van der Waals surface area (Å²) in [5.41, 5.74) is 0. The predicted octanol–water partition coefficient (Wildman–Crippen LogP) is 24.2. The topological polar surface area (TPSA) is 78.9 Å². The lowest BCUT2D eigenvalue weighted by atomic mass is 10.0. The third-order valence-corrected chi connectivity index (χ3v) is 16.2. The van der Waals surface area contributed by atoms with Gasteiger partial charge in [0.15, 0.2) is 6.10 Å². The summed E-state index contributed by atoms with van der Waals surface area (Å²) in [4.78, 5) is 38.3. The summed E-state index contributed by atoms with van der Waals surface area (Å²) in [7, 11) is 0. The maximum atomic E-state index is 12.9. The molecule has 0 aliphatic heterocycles. The van der Waals surface area contributed by atoms with Crippen LogP contribution < -0.4 is 0 Å². The molecule has 0 rings (SSSR count). The van der Waals surface area contributed by atoms with Crippen LogP contribution in [0.4, 0.5) is 0 Å². The Morgan fingerprint density at radius 1 is 0.244 bits per heavy atom. The second-order valence-corrected chi connectivity index (χ2v) is 24.1. The van der Waals surface area contributed by atoms with Crippen LogP contribution in [0.25, 0.3) is 0 Å². The molecule has 0 saturated heterocycles. The van der Waals surface area contributed by atoms with Crippen molar-refractivity contribution in [2.24, 2.45) is 0 Å². The van der Waals surface area contributed by atoms with Gasteiger partial charge in [-0.2, -0.15) is 0 Å². The summed E-state index contributed by atoms with van der Waals surface area (Å²) in [6, 6.07) is 0. The molecule has 78 heavy (non-hydrogen) atoms. The number of allylic oxidation sites excluding steroid dienone is 4. The molecule has 0 bridgehead atoms. The molecule has 0 fully saturated rings. The Bertz CT molecular complexity index is 1260. The van der Waals surface area contributed by atoms with Crippen molar-refractivity contribution in [2.45, 2.75) is 406 Å². The molecule has 1 atom stereocenters. The van der Waals surface area contributed by atoms with E-state index in [0.29, 0.717) is 19.3 Å². The van der Waals surface area contributed by atoms with Crippen molar-refractivity contribution in [3.05, 3.63) is 24.3 Å². The maximum absolute atomic E-state index is 12.9. The van der Waals surface area contributed by atoms with Gasteiger partial charge in [-0.3, -0.25) is 14.4 Å². The lowest BCUT2D eigenvalue weighted by Gasteiger charge is -2.18. The Morgan fingerprint density at radius 3 is 0.641 bits per heavy atom. The van der Waals surface area contributed by atoms with Crippen molar-refractivity contribution in [1.29, 1.82) is 0 Å². The van der Waals surface area contributed by atoms with Gasteiger partial charge in [-0.05, 0) is 70.6 Å². The van der Waals surface area contributed by atoms with E-state index in [1.807, 2.05) is 0 Å². The van der Waals surface area contributed by atoms with Crippen molar-refractivity contribution in [2.75, 3.05) is 13.2 Å². The van der Waals surface area contributed by atoms with E-state index in [4.69, 9.17) is 14.2 Å². The van der Waals surface area contributed by atoms with E-state index < -0.39 is 6.10 Å². The molecule has 0 aliphatic carbocycles. The Hall–Kier alpha value is -2.11. The second kappa shape index (κ2) is 67.4. The number of carbonyl (C=O) groups excluding carboxylic acids is 3. The minimum Gasteiger partial charge on any atom is -0.462 e. The number of ether oxygens (including phenoxy) is 3. The molecular formula is C72H136O6. The van der Waals surface area contributed by atoms with Crippen LogP contribution in [0.3, 0.4) is 0 Å². The number of hydrogen-bond acceptors (Lipinski definition) is 6. The number of unbranched alkanes of at least 4 members (excludes halogenated alkanes) is 51. The summed E-state index contributed by atoms with van der Waals surface area (Å²) in [6.45, 7) is 6.69. The van der Waals surface area contributed by atoms with Crippen molar-refractivity contribution < 1.29 is 28.6 Å². The highest BCUT2D eigenvalue weighted by atomic mass is 16.6. The van der Waals surface area contributed by atoms with Crippen LogP contribution in [-0.2, 0) is 28.6 Å². The Kier molecular flexibility index (Phi) is 65.6. The van der Waals surface area contributed by atoms with E-state index in [1.54, 1.807) is 0 Å². The first-order chi connectivity index (χ1) is 38.5. The monoisotopic (exact) mass is 1100 g/mol. The first kappa shape index (κ1) is 75.9. The number of carbonyl (C=O) groups is 3. The van der Waals surface area contributed by atoms with Gasteiger partial charge >= 0.3 is 17.9 Å². The van der Waals surface area contributed by atoms with E-state index in [9.17, 15) is 14.4 Å². The van der Waals surface area contributed by atoms with Gasteiger partial charge in [-0.15, -0.1) is 0 Å². The number of rotatable bonds is 66. The zero-order valence-corrected chi connectivity index (χ0v) is 53.0. The molecule has 0 radical (unpaired) electrons. The van der Waals surface area contributed by atoms with E-state index >= 15 is 0 Å². The molecule has 0 amide bonds. The normalized spacial score (nSPS) is 12.1. The maximum Gasteiger partial charge on any atom is 0.306 e. The third kappa shape index (κ3) is 64.7. The average Bonchev–Trinajstić information content (AvgIpc) is 3.44. The molecule has 0 aromatic carbocycles. The minimum atomic E-state index is -0.771. The number of esters is 3. The van der Waals surface area contributed by atoms with Crippen LogP contribution >= 0.6 is 0 Å². The molecule has 0 saturated carbocycles. The summed E-state index contributed by atoms with van der Waals surface area (Å²) >= 11 is 0. The fourth-order valence-electron chi connectivity index (χ4n) is 10.8. The fourth-order valence-corrected chi connectivity index (χ4v) is 10.8. The molecule has 0 N–H and O–H groups in total. The molecule has 0 spiro atoms. The lowest BCUT2D eigenvalue weighted by Crippen LogP contribution is -2.30. The van der Waals surface area contributed by atoms with Gasteiger partial charge < -0.3 is 14.2 Å². The van der Waals surface area contributed by atoms with E-state index in [0.717, 1.165) is 64.2 Å². The van der Waals surface area contributed by atoms with Crippen molar-refractivity contribution in [3.63, 3.8) is 0 Å². The van der Waals surface area contributed by atoms with E-state index in [1.165, 1.54) is 295 Å². The first-order valence-electron chi connectivity index (χ1n) is 35.3. The molecular weight excluding hydrogens is 961 g/mol. The van der Waals surface area contributed by atoms with Crippen LogP contribution in [0.15, 0.2) is 24.3 Å². The first-order valence-corrected chi connectivity index (χ1v) is 35.3. The fraction of sp³-hybridized carbons (Fsp3) is 0.903. The predicted molar refractivity (Wildman–Crippen MR) is 340 cm³/mol. The Balaban J connectivity index is 4.05. The van der Waals surface area contributed by atoms with Crippen LogP contribution in [0.1, 0.15) is 400 Å². The van der Waals surface area contributed by atoms with Gasteiger partial charge in [0.25, 0.3) is 0 Å². The van der Waals surface area contributed by atoms with Crippen molar-refractivity contribution in [1.82, 2.24) is 0 Å². The second-order valence-electron chi connectivity index (χ2n) is 24.1. The Labute approximate surface area is 487 Å². The molecule has 0 aromatic heterocycles. The van der Waals surface area contributed by atoms with Gasteiger partial charge in [0.05, 0.1) is 0 Å². The highest BCUT2D eigenvalue weighted by molar-refractivity contribution is 5.71. The van der Waals surface area contributed by atoms with E-state index in [2.05, 4.69) is 45.1 Å². The lowest BCUT2D eigenvalue weighted by molar-refractivity contribution is -0.167. The summed E-state index contributed by atoms with van der Waals surface area (Å²) in [5.74, 6) is -0.849. The van der Waals surface area contributed by atoms with Gasteiger partial charge in [-0.1, -0.05) is 334 Å². The van der Waals surface area contributed by atoms with E-state index in [-0.39, 0.29) is 31.1 Å². The molecule has 6 nitrogen and oxygen atoms in total. The standard InChI is InChI=1S/C72H136O6/c1-4-7-10-13-16-19-22-25-27-28-29-30-31-32-33-34-35-36-37-38-39-40-41-42-43-44-46-47-50-53-56-59-62-65-71(74)77-68-69(67-76-70(73)64-61-58-55-52-49-24-21-18-15-12-9-6-3)78-72(75)66-63-60-57-54-51-48-45-26-23-20-17-14-11-8-5-2/h26,28-29,45,69H,4-25,27,30-44,46-68H2,1-3H3/b29-28-,45-26-. The Morgan fingerprint density at radius 2 is 0.423 bits per heavy atom. The summed E-state index contributed by atoms with van der Waals surface area (Å²) in [5, 5.41) is 0. The zero-order chi connectivity index (χ0) is 56.4. The highest BCUT2D eigenvalue weighted by Crippen LogP contribution is 2.18. The largest absolute Gasteiger partial charge is 0.462 e. The zero-order valence-electron chi connectivity index (χ0n) is 53.0. The summed E-state index contributed by atoms with van der Waals surface area (Å²) < 4.78 is 16.9. The molecule has 0 aromatic rings.